The Morgan fingerprint density at radius 2 is 1.70 bits per heavy atom. The number of ketones is 1. The number of hydrogen-bond donors (Lipinski definition) is 2. The summed E-state index contributed by atoms with van der Waals surface area (Å²) in [7, 11) is 0. The lowest BCUT2D eigenvalue weighted by molar-refractivity contribution is -0.123. The summed E-state index contributed by atoms with van der Waals surface area (Å²) >= 11 is 0. The molecule has 148 valence electrons. The number of fused-ring (bicyclic) bond motifs is 3. The Labute approximate surface area is 168 Å². The standard InChI is InChI=1S/C22H30N2O2.ClH/c23-19-12-17-5-2-6-18(13-19)22(17)24-21(26)10-9-20(25)16-8-7-14-3-1-4-15(14)11-16;/h7-8,11,17-19,22H,1-6,9-10,12-13,23H2,(H,24,26);1H. The summed E-state index contributed by atoms with van der Waals surface area (Å²) in [4.78, 5) is 24.9. The first-order valence-corrected chi connectivity index (χ1v) is 10.3. The van der Waals surface area contributed by atoms with Crippen molar-refractivity contribution < 1.29 is 9.59 Å². The molecule has 1 aromatic rings. The van der Waals surface area contributed by atoms with Gasteiger partial charge in [-0.25, -0.2) is 0 Å². The van der Waals surface area contributed by atoms with Gasteiger partial charge in [0.2, 0.25) is 5.91 Å². The van der Waals surface area contributed by atoms with Gasteiger partial charge in [-0.05, 0) is 74.0 Å². The maximum atomic E-state index is 12.5. The fourth-order valence-electron chi connectivity index (χ4n) is 5.40. The van der Waals surface area contributed by atoms with Crippen molar-refractivity contribution in [3.8, 4) is 0 Å². The number of benzene rings is 1. The van der Waals surface area contributed by atoms with Crippen LogP contribution >= 0.6 is 12.4 Å². The summed E-state index contributed by atoms with van der Waals surface area (Å²) in [5.74, 6) is 1.15. The third-order valence-electron chi connectivity index (χ3n) is 6.70. The molecule has 0 aromatic heterocycles. The highest BCUT2D eigenvalue weighted by molar-refractivity contribution is 5.98. The van der Waals surface area contributed by atoms with E-state index in [9.17, 15) is 9.59 Å². The van der Waals surface area contributed by atoms with E-state index in [1.54, 1.807) is 0 Å². The number of nitrogens with one attached hydrogen (secondary N) is 1. The molecular weight excluding hydrogens is 360 g/mol. The van der Waals surface area contributed by atoms with Gasteiger partial charge in [-0.2, -0.15) is 0 Å². The molecule has 2 bridgehead atoms. The number of carbonyl (C=O) groups excluding carboxylic acids is 2. The Morgan fingerprint density at radius 3 is 2.44 bits per heavy atom. The van der Waals surface area contributed by atoms with Crippen molar-refractivity contribution in [2.24, 2.45) is 17.6 Å². The molecule has 0 heterocycles. The van der Waals surface area contributed by atoms with Crippen LogP contribution in [0.15, 0.2) is 18.2 Å². The number of aryl methyl sites for hydroxylation is 2. The van der Waals surface area contributed by atoms with E-state index in [0.717, 1.165) is 31.2 Å². The number of carbonyl (C=O) groups is 2. The topological polar surface area (TPSA) is 72.2 Å². The molecule has 2 fully saturated rings. The SMILES string of the molecule is Cl.NC1CC2CCCC(C1)C2NC(=O)CCC(=O)c1ccc2c(c1)CCC2. The third kappa shape index (κ3) is 4.55. The smallest absolute Gasteiger partial charge is 0.220 e. The van der Waals surface area contributed by atoms with Gasteiger partial charge in [-0.15, -0.1) is 12.4 Å². The lowest BCUT2D eigenvalue weighted by Gasteiger charge is -2.45. The second-order valence-corrected chi connectivity index (χ2v) is 8.54. The van der Waals surface area contributed by atoms with E-state index >= 15 is 0 Å². The summed E-state index contributed by atoms with van der Waals surface area (Å²) in [5.41, 5.74) is 9.61. The van der Waals surface area contributed by atoms with Gasteiger partial charge in [0.05, 0.1) is 0 Å². The largest absolute Gasteiger partial charge is 0.353 e. The lowest BCUT2D eigenvalue weighted by Crippen LogP contribution is -2.53. The quantitative estimate of drug-likeness (QED) is 0.754. The molecule has 27 heavy (non-hydrogen) atoms. The van der Waals surface area contributed by atoms with Crippen molar-refractivity contribution >= 4 is 24.1 Å². The Kier molecular flexibility index (Phi) is 6.59. The summed E-state index contributed by atoms with van der Waals surface area (Å²) in [6, 6.07) is 6.61. The van der Waals surface area contributed by atoms with E-state index in [1.165, 1.54) is 36.8 Å². The van der Waals surface area contributed by atoms with Crippen molar-refractivity contribution in [2.75, 3.05) is 0 Å². The monoisotopic (exact) mass is 390 g/mol. The van der Waals surface area contributed by atoms with E-state index in [1.807, 2.05) is 12.1 Å². The zero-order valence-corrected chi connectivity index (χ0v) is 16.7. The maximum absolute atomic E-state index is 12.5. The van der Waals surface area contributed by atoms with Crippen molar-refractivity contribution in [3.05, 3.63) is 34.9 Å². The molecule has 0 spiro atoms. The first-order valence-electron chi connectivity index (χ1n) is 10.3. The highest BCUT2D eigenvalue weighted by atomic mass is 35.5. The van der Waals surface area contributed by atoms with E-state index in [4.69, 9.17) is 5.73 Å². The molecule has 1 amide bonds. The molecule has 0 aliphatic heterocycles. The Bertz CT molecular complexity index is 692. The second kappa shape index (κ2) is 8.74. The van der Waals surface area contributed by atoms with E-state index in [-0.39, 0.29) is 36.6 Å². The van der Waals surface area contributed by atoms with Gasteiger partial charge in [-0.3, -0.25) is 9.59 Å². The minimum atomic E-state index is 0. The van der Waals surface area contributed by atoms with Gasteiger partial charge in [0.15, 0.2) is 5.78 Å². The Morgan fingerprint density at radius 1 is 1.00 bits per heavy atom. The number of Topliss-reactive ketones (excluding diaryl/α,β-unsaturated/α-hetero) is 1. The fourth-order valence-corrected chi connectivity index (χ4v) is 5.40. The number of halogens is 1. The third-order valence-corrected chi connectivity index (χ3v) is 6.70. The molecule has 1 aromatic carbocycles. The molecule has 2 unspecified atom stereocenters. The number of hydrogen-bond acceptors (Lipinski definition) is 3. The number of rotatable bonds is 5. The zero-order valence-electron chi connectivity index (χ0n) is 15.9. The van der Waals surface area contributed by atoms with Crippen LogP contribution in [-0.4, -0.2) is 23.8 Å². The average Bonchev–Trinajstić information content (AvgIpc) is 3.08. The first kappa shape index (κ1) is 20.3. The van der Waals surface area contributed by atoms with Crippen LogP contribution in [0.5, 0.6) is 0 Å². The average molecular weight is 391 g/mol. The summed E-state index contributed by atoms with van der Waals surface area (Å²) in [5, 5.41) is 3.24. The predicted octanol–water partition coefficient (Wildman–Crippen LogP) is 3.58. The van der Waals surface area contributed by atoms with Gasteiger partial charge in [0.25, 0.3) is 0 Å². The molecule has 0 saturated heterocycles. The van der Waals surface area contributed by atoms with Crippen molar-refractivity contribution in [3.63, 3.8) is 0 Å². The predicted molar refractivity (Wildman–Crippen MR) is 109 cm³/mol. The maximum Gasteiger partial charge on any atom is 0.220 e. The summed E-state index contributed by atoms with van der Waals surface area (Å²) in [6.45, 7) is 0. The van der Waals surface area contributed by atoms with E-state index in [2.05, 4.69) is 11.4 Å². The second-order valence-electron chi connectivity index (χ2n) is 8.54. The highest BCUT2D eigenvalue weighted by Crippen LogP contribution is 2.39. The molecule has 2 atom stereocenters. The highest BCUT2D eigenvalue weighted by Gasteiger charge is 2.39. The van der Waals surface area contributed by atoms with Crippen molar-refractivity contribution in [1.29, 1.82) is 0 Å². The van der Waals surface area contributed by atoms with Gasteiger partial charge in [0, 0.05) is 30.5 Å². The Hall–Kier alpha value is -1.39. The van der Waals surface area contributed by atoms with Crippen LogP contribution in [0.1, 0.15) is 72.9 Å². The van der Waals surface area contributed by atoms with Crippen LogP contribution in [0.3, 0.4) is 0 Å². The first-order chi connectivity index (χ1) is 12.6. The molecule has 3 aliphatic rings. The molecule has 0 radical (unpaired) electrons. The van der Waals surface area contributed by atoms with Gasteiger partial charge < -0.3 is 11.1 Å². The van der Waals surface area contributed by atoms with Crippen LogP contribution < -0.4 is 11.1 Å². The summed E-state index contributed by atoms with van der Waals surface area (Å²) < 4.78 is 0. The van der Waals surface area contributed by atoms with Crippen LogP contribution in [0.25, 0.3) is 0 Å². The van der Waals surface area contributed by atoms with Crippen molar-refractivity contribution in [2.45, 2.75) is 76.3 Å². The lowest BCUT2D eigenvalue weighted by atomic mass is 9.67. The molecule has 4 rings (SSSR count). The van der Waals surface area contributed by atoms with Gasteiger partial charge in [0.1, 0.15) is 0 Å². The van der Waals surface area contributed by atoms with Crippen LogP contribution in [-0.2, 0) is 17.6 Å². The van der Waals surface area contributed by atoms with Crippen molar-refractivity contribution in [1.82, 2.24) is 5.32 Å². The summed E-state index contributed by atoms with van der Waals surface area (Å²) in [6.07, 6.45) is 9.61. The van der Waals surface area contributed by atoms with E-state index < -0.39 is 0 Å². The fraction of sp³-hybridized carbons (Fsp3) is 0.636. The molecule has 3 N–H and O–H groups in total. The Balaban J connectivity index is 0.00000210. The molecular formula is C22H31ClN2O2. The molecule has 5 heteroatoms. The van der Waals surface area contributed by atoms with E-state index in [0.29, 0.717) is 24.3 Å². The normalized spacial score (nSPS) is 28.8. The molecule has 3 aliphatic carbocycles. The minimum Gasteiger partial charge on any atom is -0.353 e. The van der Waals surface area contributed by atoms with Crippen LogP contribution in [0.2, 0.25) is 0 Å². The van der Waals surface area contributed by atoms with Gasteiger partial charge in [-0.1, -0.05) is 18.6 Å². The molecule has 2 saturated carbocycles. The van der Waals surface area contributed by atoms with Crippen LogP contribution in [0.4, 0.5) is 0 Å². The molecule has 4 nitrogen and oxygen atoms in total. The number of amides is 1. The van der Waals surface area contributed by atoms with Gasteiger partial charge >= 0.3 is 0 Å². The zero-order chi connectivity index (χ0) is 18.1. The number of nitrogens with two attached hydrogens (primary N) is 1. The van der Waals surface area contributed by atoms with Crippen LogP contribution in [0, 0.1) is 11.8 Å². The minimum absolute atomic E-state index is 0.